The maximum absolute atomic E-state index is 5.08. The van der Waals surface area contributed by atoms with Gasteiger partial charge in [-0.15, -0.1) is 78.5 Å². The van der Waals surface area contributed by atoms with Gasteiger partial charge in [0, 0.05) is 39.3 Å². The van der Waals surface area contributed by atoms with Crippen LogP contribution in [-0.2, 0) is 77.9 Å². The predicted octanol–water partition coefficient (Wildman–Crippen LogP) is 26.1. The fourth-order valence-electron chi connectivity index (χ4n) is 15.3. The van der Waals surface area contributed by atoms with Gasteiger partial charge in [-0.05, 0) is 164 Å². The fraction of sp³-hybridized carbons (Fsp3) is 0.0769. The second-order valence-electron chi connectivity index (χ2n) is 31.5. The molecule has 0 amide bonds. The molecule has 138 heavy (non-hydrogen) atoms. The number of aryl methyl sites for hydroxylation is 7. The minimum Gasteiger partial charge on any atom is -0.489 e. The van der Waals surface area contributed by atoms with Crippen LogP contribution in [0.2, 0.25) is 0 Å². The van der Waals surface area contributed by atoms with Gasteiger partial charge in [0.1, 0.15) is 23.1 Å². The van der Waals surface area contributed by atoms with Gasteiger partial charge in [-0.2, -0.15) is 181 Å². The zero-order valence-corrected chi connectivity index (χ0v) is 83.8. The molecule has 22 rings (SSSR count). The van der Waals surface area contributed by atoms with Crippen LogP contribution in [0.15, 0.2) is 423 Å². The van der Waals surface area contributed by atoms with Crippen molar-refractivity contribution in [2.45, 2.75) is 55.4 Å². The van der Waals surface area contributed by atoms with E-state index >= 15 is 0 Å². The Labute approximate surface area is 859 Å². The van der Waals surface area contributed by atoms with E-state index in [0.29, 0.717) is 5.89 Å². The second kappa shape index (κ2) is 50.7. The van der Waals surface area contributed by atoms with E-state index in [4.69, 9.17) is 14.6 Å². The summed E-state index contributed by atoms with van der Waals surface area (Å²) in [6.45, 7) is 18.5. The third kappa shape index (κ3) is 26.7. The Morgan fingerprint density at radius 1 is 0.326 bits per heavy atom. The van der Waals surface area contributed by atoms with Gasteiger partial charge >= 0.3 is 77.9 Å². The summed E-state index contributed by atoms with van der Waals surface area (Å²) in [7, 11) is 2.03. The van der Waals surface area contributed by atoms with Crippen molar-refractivity contribution >= 4 is 11.5 Å². The molecule has 686 valence electrons. The molecule has 0 bridgehead atoms. The van der Waals surface area contributed by atoms with E-state index in [1.54, 1.807) is 28.1 Å². The van der Waals surface area contributed by atoms with Gasteiger partial charge in [-0.25, -0.2) is 4.68 Å². The Morgan fingerprint density at radius 3 is 1.11 bits per heavy atom. The summed E-state index contributed by atoms with van der Waals surface area (Å²) in [5.74, 6) is 1.57. The summed E-state index contributed by atoms with van der Waals surface area (Å²) in [6.07, 6.45) is 6.87. The summed E-state index contributed by atoms with van der Waals surface area (Å²) in [4.78, 5) is 7.65. The van der Waals surface area contributed by atoms with Crippen LogP contribution in [0.25, 0.3) is 118 Å². The van der Waals surface area contributed by atoms with Gasteiger partial charge < -0.3 is 14.3 Å². The maximum Gasteiger partial charge on any atom is 2.00 e. The Bertz CT molecular complexity index is 6990. The quantitative estimate of drug-likeness (QED) is 0.0710. The minimum absolute atomic E-state index is 0. The van der Waals surface area contributed by atoms with Crippen LogP contribution in [0.4, 0.5) is 5.69 Å². The Kier molecular flexibility index (Phi) is 37.5. The molecule has 1 aliphatic rings. The van der Waals surface area contributed by atoms with E-state index in [-0.39, 0.29) is 77.9 Å². The number of aromatic nitrogens is 13. The third-order valence-corrected chi connectivity index (χ3v) is 21.8. The number of para-hydroxylation sites is 6. The van der Waals surface area contributed by atoms with Crippen molar-refractivity contribution in [2.24, 2.45) is 5.10 Å². The van der Waals surface area contributed by atoms with E-state index in [1.807, 2.05) is 285 Å². The Hall–Kier alpha value is -14.8. The number of nitrogens with zero attached hydrogens (tertiary/aromatic N) is 16. The smallest absolute Gasteiger partial charge is 0.489 e. The number of oxazole rings is 1. The molecule has 6 aromatic heterocycles. The van der Waals surface area contributed by atoms with E-state index < -0.39 is 0 Å². The topological polar surface area (TPSA) is 160 Å². The van der Waals surface area contributed by atoms with Gasteiger partial charge in [-0.3, -0.25) is 19.0 Å². The number of hydrogen-bond donors (Lipinski definition) is 0. The van der Waals surface area contributed by atoms with E-state index in [0.717, 1.165) is 102 Å². The van der Waals surface area contributed by atoms with Crippen LogP contribution in [0.1, 0.15) is 50.9 Å². The molecule has 17 nitrogen and oxygen atoms in total. The zero-order valence-electron chi connectivity index (χ0n) is 77.2. The fourth-order valence-corrected chi connectivity index (χ4v) is 15.3. The largest absolute Gasteiger partial charge is 2.00 e. The molecule has 0 aliphatic carbocycles. The average Bonchev–Trinajstić information content (AvgIpc) is 1.60. The summed E-state index contributed by atoms with van der Waals surface area (Å²) in [5, 5.41) is 37.4. The van der Waals surface area contributed by atoms with E-state index in [1.165, 1.54) is 72.3 Å². The molecule has 0 N–H and O–H groups in total. The first-order valence-corrected chi connectivity index (χ1v) is 43.9. The van der Waals surface area contributed by atoms with Crippen molar-refractivity contribution in [3.05, 3.63) is 513 Å². The zero-order chi connectivity index (χ0) is 92.3. The molecule has 21 aromatic rings. The summed E-state index contributed by atoms with van der Waals surface area (Å²) in [5.41, 5.74) is 32.5. The number of rotatable bonds is 15. The molecule has 0 unspecified atom stereocenters. The van der Waals surface area contributed by atoms with Crippen LogP contribution in [0.3, 0.4) is 0 Å². The SMILES string of the molecule is Cc1cc(-c2ccccc2)cc(C)c1C1=NN(c2[c-]cccc2)[CH-]N1C.Cc1cc(C)n(-c2[c-]cccc2)n1.Cc1cc(C)n(-c2[c-]cccc2)n1.Cc1nn(-c2[c-]cccc2)c(C)c1-c1ccc(-c2ccccc2)cc1.[Rh+2].[Rh+2].[Rh+2].[Rh+2].[c-]1ccccc1-c1ncco1.[c-]1ccccc1-n1cc(-c2ccc(-c3ccccc3)cc2)nn1.[c-]1ccccc1-n1ncc(-c2ccc(-c3ccccc3)cc2)n1. The van der Waals surface area contributed by atoms with Crippen molar-refractivity contribution < 1.29 is 82.3 Å². The summed E-state index contributed by atoms with van der Waals surface area (Å²) in [6, 6.07) is 152. The molecular formula is C117H96N16ORh4. The molecular weight excluding hydrogens is 2060 g/mol. The Morgan fingerprint density at radius 2 is 0.703 bits per heavy atom. The van der Waals surface area contributed by atoms with Crippen molar-refractivity contribution in [3.8, 4) is 118 Å². The monoisotopic (exact) mass is 2150 g/mol. The second-order valence-corrected chi connectivity index (χ2v) is 31.5. The number of hydrazone groups is 1. The molecule has 0 saturated carbocycles. The van der Waals surface area contributed by atoms with Gasteiger partial charge in [0.05, 0.1) is 41.9 Å². The summed E-state index contributed by atoms with van der Waals surface area (Å²) < 4.78 is 12.6. The Balaban J connectivity index is 0.000000146. The van der Waals surface area contributed by atoms with E-state index in [9.17, 15) is 0 Å². The standard InChI is InChI=1S/C23H21N3.C23H19N2.2C20H14N3.2C11H11N2.C9H6NO.4Rh/c1-17-14-20(19-10-6-4-7-11-19)15-18(2)22(17)23-24-26(16-25(23)3)21-12-8-5-9-13-21;1-17-23(18(2)25(24-17)22-11-7-4-8-12-22)21-15-13-20(14-16-21)19-9-5-3-6-10-19;1-3-7-16(8-4-1)17-11-13-18(14-12-17)20-15-23(22-21-20)19-9-5-2-6-10-19;1-3-7-16(8-4-1)17-11-13-18(14-12-17)20-15-21-23(22-20)19-9-5-2-6-10-19;2*1-9-8-10(2)13(12-9)11-6-4-3-5-7-11;1-2-4-8(5-3-1)9-10-6-7-11-9;;;;/h4-12,14-16H,1-3H3;3-11,13-16H,1-2H3;2*1-9,11-15H;2*3-6,8H,1-2H3;1-4,6-7H;;;;/q-2;6*-1;4*+2. The molecule has 0 spiro atoms. The molecule has 1 aliphatic heterocycles. The van der Waals surface area contributed by atoms with Crippen molar-refractivity contribution in [3.63, 3.8) is 0 Å². The number of amidine groups is 1. The minimum atomic E-state index is 0. The van der Waals surface area contributed by atoms with Crippen LogP contribution < -0.4 is 5.01 Å². The molecule has 7 heterocycles. The van der Waals surface area contributed by atoms with Crippen molar-refractivity contribution in [1.82, 2.24) is 69.2 Å². The van der Waals surface area contributed by atoms with E-state index in [2.05, 4.69) is 281 Å². The number of benzene rings is 15. The molecule has 21 heteroatoms. The molecule has 0 fully saturated rings. The van der Waals surface area contributed by atoms with Gasteiger partial charge in [-0.1, -0.05) is 223 Å². The van der Waals surface area contributed by atoms with Crippen LogP contribution >= 0.6 is 0 Å². The molecule has 0 saturated heterocycles. The first-order chi connectivity index (χ1) is 65.7. The van der Waals surface area contributed by atoms with Gasteiger partial charge in [0.25, 0.3) is 0 Å². The first-order valence-electron chi connectivity index (χ1n) is 43.9. The van der Waals surface area contributed by atoms with Gasteiger partial charge in [0.15, 0.2) is 0 Å². The molecule has 0 atom stereocenters. The average molecular weight is 2150 g/mol. The summed E-state index contributed by atoms with van der Waals surface area (Å²) >= 11 is 0. The van der Waals surface area contributed by atoms with Crippen LogP contribution in [0, 0.1) is 105 Å². The number of anilines is 1. The molecule has 15 aromatic carbocycles. The van der Waals surface area contributed by atoms with Crippen molar-refractivity contribution in [1.29, 1.82) is 0 Å². The molecule has 4 radical (unpaired) electrons. The van der Waals surface area contributed by atoms with Crippen molar-refractivity contribution in [2.75, 3.05) is 12.1 Å². The maximum atomic E-state index is 5.08. The van der Waals surface area contributed by atoms with Crippen LogP contribution in [0.5, 0.6) is 0 Å². The predicted molar refractivity (Wildman–Crippen MR) is 537 cm³/mol. The first kappa shape index (κ1) is 102. The van der Waals surface area contributed by atoms with Gasteiger partial charge in [0.2, 0.25) is 0 Å². The normalized spacial score (nSPS) is 10.8. The number of hydrogen-bond acceptors (Lipinski definition) is 12. The third-order valence-electron chi connectivity index (χ3n) is 21.8. The van der Waals surface area contributed by atoms with Crippen LogP contribution in [-0.4, -0.2) is 82.1 Å².